The van der Waals surface area contributed by atoms with Crippen molar-refractivity contribution < 1.29 is 5.11 Å². The van der Waals surface area contributed by atoms with Gasteiger partial charge in [0.1, 0.15) is 5.75 Å². The standard InChI is InChI=1S/C43H28O/c44-41-26-25-29(27-37(41)32-16-5-4-15-30(32)28-13-2-1-3-14-28)31-20-12-21-36-35-19-8-11-24-40(35)43(42(31)36)38-22-9-6-17-33(38)34-18-7-10-23-39(34)43/h1-27,44H. The van der Waals surface area contributed by atoms with Crippen LogP contribution in [0.2, 0.25) is 0 Å². The lowest BCUT2D eigenvalue weighted by Crippen LogP contribution is -2.26. The first-order valence-corrected chi connectivity index (χ1v) is 15.2. The van der Waals surface area contributed by atoms with E-state index in [1.54, 1.807) is 0 Å². The van der Waals surface area contributed by atoms with E-state index in [1.165, 1.54) is 50.1 Å². The van der Waals surface area contributed by atoms with Crippen LogP contribution in [0.25, 0.3) is 55.6 Å². The number of fused-ring (bicyclic) bond motifs is 10. The molecule has 44 heavy (non-hydrogen) atoms. The van der Waals surface area contributed by atoms with Crippen molar-refractivity contribution in [2.75, 3.05) is 0 Å². The van der Waals surface area contributed by atoms with Crippen LogP contribution in [0, 0.1) is 0 Å². The minimum atomic E-state index is -0.435. The van der Waals surface area contributed by atoms with Gasteiger partial charge in [0.25, 0.3) is 0 Å². The van der Waals surface area contributed by atoms with Crippen molar-refractivity contribution in [1.82, 2.24) is 0 Å². The van der Waals surface area contributed by atoms with Crippen LogP contribution >= 0.6 is 0 Å². The molecule has 0 atom stereocenters. The van der Waals surface area contributed by atoms with E-state index in [9.17, 15) is 5.11 Å². The Morgan fingerprint density at radius 3 is 1.43 bits per heavy atom. The molecule has 1 heteroatoms. The number of hydrogen-bond acceptors (Lipinski definition) is 1. The monoisotopic (exact) mass is 560 g/mol. The van der Waals surface area contributed by atoms with Gasteiger partial charge in [0, 0.05) is 5.56 Å². The summed E-state index contributed by atoms with van der Waals surface area (Å²) >= 11 is 0. The molecule has 206 valence electrons. The molecule has 0 radical (unpaired) electrons. The number of rotatable bonds is 3. The lowest BCUT2D eigenvalue weighted by atomic mass is 9.68. The maximum Gasteiger partial charge on any atom is 0.123 e. The normalized spacial score (nSPS) is 13.3. The van der Waals surface area contributed by atoms with Gasteiger partial charge in [0.15, 0.2) is 0 Å². The summed E-state index contributed by atoms with van der Waals surface area (Å²) in [7, 11) is 0. The van der Waals surface area contributed by atoms with Crippen LogP contribution in [0.3, 0.4) is 0 Å². The number of aromatic hydroxyl groups is 1. The number of hydrogen-bond donors (Lipinski definition) is 1. The molecule has 0 bridgehead atoms. The molecule has 7 aromatic rings. The molecule has 2 aliphatic rings. The van der Waals surface area contributed by atoms with E-state index in [0.29, 0.717) is 0 Å². The Labute approximate surface area is 257 Å². The molecule has 9 rings (SSSR count). The fourth-order valence-corrected chi connectivity index (χ4v) is 7.90. The van der Waals surface area contributed by atoms with E-state index in [0.717, 1.165) is 27.8 Å². The molecule has 1 spiro atoms. The second kappa shape index (κ2) is 9.42. The van der Waals surface area contributed by atoms with Gasteiger partial charge in [0.2, 0.25) is 0 Å². The predicted octanol–water partition coefficient (Wildman–Crippen LogP) is 10.7. The summed E-state index contributed by atoms with van der Waals surface area (Å²) in [5.41, 5.74) is 16.3. The van der Waals surface area contributed by atoms with Crippen LogP contribution in [0.5, 0.6) is 5.75 Å². The highest BCUT2D eigenvalue weighted by atomic mass is 16.3. The predicted molar refractivity (Wildman–Crippen MR) is 181 cm³/mol. The Morgan fingerprint density at radius 1 is 0.318 bits per heavy atom. The third-order valence-corrected chi connectivity index (χ3v) is 9.62. The average Bonchev–Trinajstić information content (AvgIpc) is 3.57. The fraction of sp³-hybridized carbons (Fsp3) is 0.0233. The van der Waals surface area contributed by atoms with Gasteiger partial charge in [-0.05, 0) is 84.5 Å². The highest BCUT2D eigenvalue weighted by Gasteiger charge is 2.52. The topological polar surface area (TPSA) is 20.2 Å². The van der Waals surface area contributed by atoms with Gasteiger partial charge >= 0.3 is 0 Å². The van der Waals surface area contributed by atoms with Crippen molar-refractivity contribution in [3.63, 3.8) is 0 Å². The van der Waals surface area contributed by atoms with Crippen molar-refractivity contribution in [3.05, 3.63) is 186 Å². The molecule has 0 fully saturated rings. The van der Waals surface area contributed by atoms with Gasteiger partial charge in [-0.15, -0.1) is 0 Å². The van der Waals surface area contributed by atoms with Crippen LogP contribution in [-0.4, -0.2) is 5.11 Å². The molecule has 0 heterocycles. The maximum absolute atomic E-state index is 11.3. The summed E-state index contributed by atoms with van der Waals surface area (Å²) in [4.78, 5) is 0. The van der Waals surface area contributed by atoms with E-state index in [-0.39, 0.29) is 5.75 Å². The van der Waals surface area contributed by atoms with Crippen LogP contribution < -0.4 is 0 Å². The Hall–Kier alpha value is -5.66. The van der Waals surface area contributed by atoms with E-state index < -0.39 is 5.41 Å². The van der Waals surface area contributed by atoms with E-state index in [1.807, 2.05) is 18.2 Å². The van der Waals surface area contributed by atoms with Gasteiger partial charge < -0.3 is 5.11 Å². The Bertz CT molecular complexity index is 2180. The molecular weight excluding hydrogens is 532 g/mol. The van der Waals surface area contributed by atoms with E-state index in [2.05, 4.69) is 146 Å². The van der Waals surface area contributed by atoms with Crippen molar-refractivity contribution in [1.29, 1.82) is 0 Å². The third kappa shape index (κ3) is 3.30. The minimum Gasteiger partial charge on any atom is -0.507 e. The lowest BCUT2D eigenvalue weighted by Gasteiger charge is -2.32. The van der Waals surface area contributed by atoms with Gasteiger partial charge in [-0.1, -0.05) is 152 Å². The first-order valence-electron chi connectivity index (χ1n) is 15.2. The second-order valence-electron chi connectivity index (χ2n) is 11.8. The Kier molecular flexibility index (Phi) is 5.33. The smallest absolute Gasteiger partial charge is 0.123 e. The highest BCUT2D eigenvalue weighted by Crippen LogP contribution is 2.64. The zero-order valence-electron chi connectivity index (χ0n) is 24.0. The zero-order valence-corrected chi connectivity index (χ0v) is 24.0. The van der Waals surface area contributed by atoms with Gasteiger partial charge in [-0.2, -0.15) is 0 Å². The fourth-order valence-electron chi connectivity index (χ4n) is 7.90. The second-order valence-corrected chi connectivity index (χ2v) is 11.8. The van der Waals surface area contributed by atoms with Crippen molar-refractivity contribution in [3.8, 4) is 61.4 Å². The molecule has 2 aliphatic carbocycles. The molecule has 0 saturated carbocycles. The van der Waals surface area contributed by atoms with Crippen molar-refractivity contribution in [2.45, 2.75) is 5.41 Å². The Balaban J connectivity index is 1.34. The number of phenols is 1. The van der Waals surface area contributed by atoms with Crippen molar-refractivity contribution >= 4 is 0 Å². The maximum atomic E-state index is 11.3. The first kappa shape index (κ1) is 24.9. The van der Waals surface area contributed by atoms with E-state index in [4.69, 9.17) is 0 Å². The van der Waals surface area contributed by atoms with Gasteiger partial charge in [-0.3, -0.25) is 0 Å². The summed E-state index contributed by atoms with van der Waals surface area (Å²) < 4.78 is 0. The van der Waals surface area contributed by atoms with Gasteiger partial charge in [-0.25, -0.2) is 0 Å². The molecule has 0 aliphatic heterocycles. The highest BCUT2D eigenvalue weighted by molar-refractivity contribution is 5.99. The first-order chi connectivity index (χ1) is 21.8. The minimum absolute atomic E-state index is 0.277. The summed E-state index contributed by atoms with van der Waals surface area (Å²) in [6.45, 7) is 0. The molecule has 0 unspecified atom stereocenters. The molecular formula is C43H28O. The van der Waals surface area contributed by atoms with Crippen LogP contribution in [0.4, 0.5) is 0 Å². The SMILES string of the molecule is Oc1ccc(-c2cccc3c2C2(c4ccccc4-c4ccccc42)c2ccccc2-3)cc1-c1ccccc1-c1ccccc1. The largest absolute Gasteiger partial charge is 0.507 e. The average molecular weight is 561 g/mol. The lowest BCUT2D eigenvalue weighted by molar-refractivity contribution is 0.477. The van der Waals surface area contributed by atoms with Crippen molar-refractivity contribution in [2.24, 2.45) is 0 Å². The molecule has 0 aromatic heterocycles. The summed E-state index contributed by atoms with van der Waals surface area (Å²) in [5.74, 6) is 0.277. The summed E-state index contributed by atoms with van der Waals surface area (Å²) in [6, 6.07) is 58.3. The summed E-state index contributed by atoms with van der Waals surface area (Å²) in [5, 5.41) is 11.3. The molecule has 7 aromatic carbocycles. The zero-order chi connectivity index (χ0) is 29.3. The van der Waals surface area contributed by atoms with Crippen LogP contribution in [-0.2, 0) is 5.41 Å². The third-order valence-electron chi connectivity index (χ3n) is 9.62. The molecule has 0 amide bonds. The van der Waals surface area contributed by atoms with E-state index >= 15 is 0 Å². The molecule has 1 N–H and O–H groups in total. The molecule has 0 saturated heterocycles. The Morgan fingerprint density at radius 2 is 0.795 bits per heavy atom. The summed E-state index contributed by atoms with van der Waals surface area (Å²) in [6.07, 6.45) is 0. The van der Waals surface area contributed by atoms with Gasteiger partial charge in [0.05, 0.1) is 5.41 Å². The number of phenolic OH excluding ortho intramolecular Hbond substituents is 1. The van der Waals surface area contributed by atoms with Crippen LogP contribution in [0.15, 0.2) is 164 Å². The quantitative estimate of drug-likeness (QED) is 0.228. The molecule has 1 nitrogen and oxygen atoms in total. The van der Waals surface area contributed by atoms with Crippen LogP contribution in [0.1, 0.15) is 22.3 Å². The number of benzene rings is 7.